The first-order valence-electron chi connectivity index (χ1n) is 12.0. The van der Waals surface area contributed by atoms with Crippen molar-refractivity contribution in [2.45, 2.75) is 6.92 Å². The molecule has 1 atom stereocenters. The van der Waals surface area contributed by atoms with E-state index in [1.165, 1.54) is 16.8 Å². The third-order valence-electron chi connectivity index (χ3n) is 6.39. The lowest BCUT2D eigenvalue weighted by Gasteiger charge is -2.34. The molecule has 2 heterocycles. The number of benzene rings is 3. The van der Waals surface area contributed by atoms with Crippen molar-refractivity contribution < 1.29 is 13.3 Å². The van der Waals surface area contributed by atoms with E-state index in [0.29, 0.717) is 43.3 Å². The smallest absolute Gasteiger partial charge is 0.316 e. The second-order valence-corrected chi connectivity index (χ2v) is 10.2. The molecule has 1 saturated heterocycles. The Morgan fingerprint density at radius 3 is 2.05 bits per heavy atom. The minimum Gasteiger partial charge on any atom is -0.449 e. The molecule has 0 N–H and O–H groups in total. The molecule has 190 valence electrons. The van der Waals surface area contributed by atoms with E-state index in [4.69, 9.17) is 4.74 Å². The predicted molar refractivity (Wildman–Crippen MR) is 144 cm³/mol. The van der Waals surface area contributed by atoms with Gasteiger partial charge >= 0.3 is 5.56 Å². The molecule has 5 rings (SSSR count). The largest absolute Gasteiger partial charge is 0.449 e. The number of rotatable bonds is 6. The van der Waals surface area contributed by atoms with Crippen LogP contribution in [0.1, 0.15) is 5.56 Å². The van der Waals surface area contributed by atoms with Gasteiger partial charge in [0.05, 0.1) is 22.9 Å². The SMILES string of the molecule is Cc1ccc(-n2ncc(N3CCN(S(C)=O)CC3)c(Oc3ccc(-c4ccc(F)cc4)cc3)c2=O)cc1. The summed E-state index contributed by atoms with van der Waals surface area (Å²) in [5.74, 6) is 0.389. The Balaban J connectivity index is 1.49. The standard InChI is InChI=1S/C28H27FN4O3S/c1-20-3-11-24(12-4-20)33-28(34)27(26(19-30-33)31-15-17-32(18-16-31)37(2)35)36-25-13-7-22(8-14-25)21-5-9-23(29)10-6-21/h3-14,19H,15-18H2,1-2H3. The maximum absolute atomic E-state index is 13.7. The highest BCUT2D eigenvalue weighted by Crippen LogP contribution is 2.31. The van der Waals surface area contributed by atoms with Crippen LogP contribution in [0.2, 0.25) is 0 Å². The van der Waals surface area contributed by atoms with Crippen LogP contribution in [0.4, 0.5) is 10.1 Å². The molecule has 1 unspecified atom stereocenters. The Morgan fingerprint density at radius 2 is 1.46 bits per heavy atom. The van der Waals surface area contributed by atoms with Gasteiger partial charge < -0.3 is 9.64 Å². The van der Waals surface area contributed by atoms with E-state index in [9.17, 15) is 13.4 Å². The highest BCUT2D eigenvalue weighted by molar-refractivity contribution is 7.81. The third-order valence-corrected chi connectivity index (χ3v) is 7.48. The van der Waals surface area contributed by atoms with E-state index in [2.05, 4.69) is 5.10 Å². The van der Waals surface area contributed by atoms with Crippen molar-refractivity contribution in [2.24, 2.45) is 0 Å². The van der Waals surface area contributed by atoms with Gasteiger partial charge in [0.1, 0.15) is 17.3 Å². The van der Waals surface area contributed by atoms with Gasteiger partial charge in [-0.05, 0) is 54.4 Å². The van der Waals surface area contributed by atoms with E-state index in [1.807, 2.05) is 52.5 Å². The summed E-state index contributed by atoms with van der Waals surface area (Å²) in [6, 6.07) is 21.1. The summed E-state index contributed by atoms with van der Waals surface area (Å²) >= 11 is 0. The van der Waals surface area contributed by atoms with Crippen LogP contribution in [0.15, 0.2) is 83.8 Å². The Kier molecular flexibility index (Phi) is 7.16. The van der Waals surface area contributed by atoms with Gasteiger partial charge in [-0.15, -0.1) is 0 Å². The summed E-state index contributed by atoms with van der Waals surface area (Å²) < 4.78 is 34.6. The first-order valence-corrected chi connectivity index (χ1v) is 13.5. The quantitative estimate of drug-likeness (QED) is 0.375. The molecule has 0 aliphatic carbocycles. The fourth-order valence-corrected chi connectivity index (χ4v) is 4.96. The van der Waals surface area contributed by atoms with Crippen LogP contribution in [0.3, 0.4) is 0 Å². The Morgan fingerprint density at radius 1 is 0.865 bits per heavy atom. The molecular formula is C28H27FN4O3S. The monoisotopic (exact) mass is 518 g/mol. The normalized spacial score (nSPS) is 14.9. The molecule has 0 bridgehead atoms. The molecule has 1 aliphatic heterocycles. The fourth-order valence-electron chi connectivity index (χ4n) is 4.28. The van der Waals surface area contributed by atoms with Gasteiger partial charge in [0, 0.05) is 32.4 Å². The van der Waals surface area contributed by atoms with E-state index < -0.39 is 11.0 Å². The van der Waals surface area contributed by atoms with Gasteiger partial charge in [0.25, 0.3) is 0 Å². The molecule has 3 aromatic carbocycles. The van der Waals surface area contributed by atoms with Crippen molar-refractivity contribution in [1.82, 2.24) is 14.1 Å². The van der Waals surface area contributed by atoms with Crippen molar-refractivity contribution in [3.63, 3.8) is 0 Å². The summed E-state index contributed by atoms with van der Waals surface area (Å²) in [5, 5.41) is 4.45. The summed E-state index contributed by atoms with van der Waals surface area (Å²) in [6.45, 7) is 4.38. The van der Waals surface area contributed by atoms with Gasteiger partial charge in [0.2, 0.25) is 5.75 Å². The average Bonchev–Trinajstić information content (AvgIpc) is 2.91. The number of nitrogens with zero attached hydrogens (tertiary/aromatic N) is 4. The van der Waals surface area contributed by atoms with Crippen LogP contribution >= 0.6 is 0 Å². The van der Waals surface area contributed by atoms with Crippen molar-refractivity contribution in [1.29, 1.82) is 0 Å². The number of hydrogen-bond acceptors (Lipinski definition) is 5. The zero-order valence-corrected chi connectivity index (χ0v) is 21.5. The zero-order valence-electron chi connectivity index (χ0n) is 20.6. The summed E-state index contributed by atoms with van der Waals surface area (Å²) in [7, 11) is -1.04. The molecule has 7 nitrogen and oxygen atoms in total. The lowest BCUT2D eigenvalue weighted by molar-refractivity contribution is 0.406. The molecular weight excluding hydrogens is 491 g/mol. The van der Waals surface area contributed by atoms with Gasteiger partial charge in [-0.3, -0.25) is 4.79 Å². The van der Waals surface area contributed by atoms with Crippen LogP contribution < -0.4 is 15.2 Å². The highest BCUT2D eigenvalue weighted by atomic mass is 32.2. The molecule has 9 heteroatoms. The second-order valence-electron chi connectivity index (χ2n) is 8.88. The first-order chi connectivity index (χ1) is 17.9. The number of halogens is 1. The second kappa shape index (κ2) is 10.7. The third kappa shape index (κ3) is 5.47. The first kappa shape index (κ1) is 24.9. The highest BCUT2D eigenvalue weighted by Gasteiger charge is 2.25. The average molecular weight is 519 g/mol. The van der Waals surface area contributed by atoms with Crippen molar-refractivity contribution in [2.75, 3.05) is 37.3 Å². The topological polar surface area (TPSA) is 67.7 Å². The molecule has 1 aromatic heterocycles. The Bertz CT molecular complexity index is 1460. The Hall–Kier alpha value is -3.82. The van der Waals surface area contributed by atoms with Gasteiger partial charge in [0.15, 0.2) is 0 Å². The van der Waals surface area contributed by atoms with Crippen molar-refractivity contribution in [3.05, 3.63) is 101 Å². The van der Waals surface area contributed by atoms with Gasteiger partial charge in [-0.2, -0.15) is 9.78 Å². The number of aryl methyl sites for hydroxylation is 1. The zero-order chi connectivity index (χ0) is 25.9. The summed E-state index contributed by atoms with van der Waals surface area (Å²) in [4.78, 5) is 15.7. The lowest BCUT2D eigenvalue weighted by Crippen LogP contribution is -2.47. The number of ether oxygens (including phenoxy) is 1. The molecule has 37 heavy (non-hydrogen) atoms. The maximum Gasteiger partial charge on any atom is 0.316 e. The van der Waals surface area contributed by atoms with Crippen LogP contribution in [0.5, 0.6) is 11.5 Å². The number of aromatic nitrogens is 2. The van der Waals surface area contributed by atoms with E-state index in [1.54, 1.807) is 36.7 Å². The molecule has 0 amide bonds. The fraction of sp³-hybridized carbons (Fsp3) is 0.214. The molecule has 1 fully saturated rings. The minimum absolute atomic E-state index is 0.177. The molecule has 1 aliphatic rings. The number of hydrogen-bond donors (Lipinski definition) is 0. The summed E-state index contributed by atoms with van der Waals surface area (Å²) in [6.07, 6.45) is 3.33. The molecule has 0 saturated carbocycles. The van der Waals surface area contributed by atoms with Crippen LogP contribution in [0, 0.1) is 12.7 Å². The molecule has 0 radical (unpaired) electrons. The van der Waals surface area contributed by atoms with E-state index in [0.717, 1.165) is 16.7 Å². The predicted octanol–water partition coefficient (Wildman–Crippen LogP) is 4.55. The van der Waals surface area contributed by atoms with Crippen LogP contribution in [-0.4, -0.2) is 50.7 Å². The van der Waals surface area contributed by atoms with E-state index >= 15 is 0 Å². The maximum atomic E-state index is 13.7. The summed E-state index contributed by atoms with van der Waals surface area (Å²) in [5.41, 5.74) is 3.73. The van der Waals surface area contributed by atoms with Crippen LogP contribution in [0.25, 0.3) is 16.8 Å². The van der Waals surface area contributed by atoms with Crippen molar-refractivity contribution >= 4 is 16.7 Å². The Labute approximate surface area is 217 Å². The van der Waals surface area contributed by atoms with Crippen LogP contribution in [-0.2, 0) is 11.0 Å². The van der Waals surface area contributed by atoms with Gasteiger partial charge in [-0.25, -0.2) is 12.9 Å². The minimum atomic E-state index is -1.04. The van der Waals surface area contributed by atoms with Gasteiger partial charge in [-0.1, -0.05) is 42.0 Å². The number of piperazine rings is 1. The molecule has 4 aromatic rings. The lowest BCUT2D eigenvalue weighted by atomic mass is 10.1. The van der Waals surface area contributed by atoms with E-state index in [-0.39, 0.29) is 17.1 Å². The molecule has 0 spiro atoms. The number of anilines is 1. The van der Waals surface area contributed by atoms with Crippen molar-refractivity contribution in [3.8, 4) is 28.3 Å².